The minimum absolute atomic E-state index is 0.941. The molecule has 0 amide bonds. The van der Waals surface area contributed by atoms with Gasteiger partial charge in [-0.1, -0.05) is 17.7 Å². The van der Waals surface area contributed by atoms with E-state index in [1.54, 1.807) is 0 Å². The average Bonchev–Trinajstić information content (AvgIpc) is 1.77. The Bertz CT molecular complexity index is 263. The largest absolute Gasteiger partial charge is 0.544 e. The molecule has 14 heavy (non-hydrogen) atoms. The van der Waals surface area contributed by atoms with Gasteiger partial charge < -0.3 is 4.43 Å². The Balaban J connectivity index is 4.76. The van der Waals surface area contributed by atoms with E-state index in [1.165, 1.54) is 5.57 Å². The van der Waals surface area contributed by atoms with Gasteiger partial charge in [-0.3, -0.25) is 0 Å². The van der Waals surface area contributed by atoms with Crippen molar-refractivity contribution < 1.29 is 4.43 Å². The van der Waals surface area contributed by atoms with Crippen LogP contribution in [0, 0.1) is 0 Å². The van der Waals surface area contributed by atoms with Crippen LogP contribution in [-0.4, -0.2) is 8.32 Å². The number of hydrogen-bond acceptors (Lipinski definition) is 1. The molecule has 0 atom stereocenters. The summed E-state index contributed by atoms with van der Waals surface area (Å²) in [6, 6.07) is 0. The van der Waals surface area contributed by atoms with Crippen molar-refractivity contribution in [2.45, 2.75) is 40.4 Å². The SMILES string of the molecule is C=C(C)C=C(C=C(C)C)O[Si](C)(C)C. The first-order valence-electron chi connectivity index (χ1n) is 4.92. The van der Waals surface area contributed by atoms with Crippen molar-refractivity contribution in [3.05, 3.63) is 35.6 Å². The molecule has 0 rings (SSSR count). The van der Waals surface area contributed by atoms with Crippen molar-refractivity contribution in [3.8, 4) is 0 Å². The van der Waals surface area contributed by atoms with Gasteiger partial charge in [0.2, 0.25) is 8.32 Å². The highest BCUT2D eigenvalue weighted by molar-refractivity contribution is 6.70. The second kappa shape index (κ2) is 5.20. The summed E-state index contributed by atoms with van der Waals surface area (Å²) < 4.78 is 5.92. The lowest BCUT2D eigenvalue weighted by molar-refractivity contribution is 0.440. The molecule has 1 nitrogen and oxygen atoms in total. The fraction of sp³-hybridized carbons (Fsp3) is 0.500. The highest BCUT2D eigenvalue weighted by atomic mass is 28.4. The normalized spacial score (nSPS) is 12.3. The topological polar surface area (TPSA) is 9.23 Å². The monoisotopic (exact) mass is 210 g/mol. The smallest absolute Gasteiger partial charge is 0.242 e. The van der Waals surface area contributed by atoms with E-state index in [4.69, 9.17) is 4.43 Å². The van der Waals surface area contributed by atoms with E-state index in [-0.39, 0.29) is 0 Å². The third kappa shape index (κ3) is 7.86. The molecule has 0 radical (unpaired) electrons. The van der Waals surface area contributed by atoms with Gasteiger partial charge in [0.05, 0.1) is 0 Å². The molecule has 0 aromatic heterocycles. The first-order valence-corrected chi connectivity index (χ1v) is 8.32. The molecule has 0 aliphatic heterocycles. The summed E-state index contributed by atoms with van der Waals surface area (Å²) in [5, 5.41) is 0. The van der Waals surface area contributed by atoms with E-state index < -0.39 is 8.32 Å². The van der Waals surface area contributed by atoms with Crippen LogP contribution >= 0.6 is 0 Å². The van der Waals surface area contributed by atoms with E-state index in [9.17, 15) is 0 Å². The molecule has 2 heteroatoms. The summed E-state index contributed by atoms with van der Waals surface area (Å²) in [5.41, 5.74) is 2.27. The second-order valence-electron chi connectivity index (χ2n) is 4.83. The minimum atomic E-state index is -1.51. The summed E-state index contributed by atoms with van der Waals surface area (Å²) in [6.45, 7) is 16.5. The van der Waals surface area contributed by atoms with Crippen LogP contribution < -0.4 is 0 Å². The van der Waals surface area contributed by atoms with Crippen LogP contribution in [0.3, 0.4) is 0 Å². The summed E-state index contributed by atoms with van der Waals surface area (Å²) in [5.74, 6) is 0.941. The lowest BCUT2D eigenvalue weighted by Crippen LogP contribution is -2.24. The lowest BCUT2D eigenvalue weighted by Gasteiger charge is -2.20. The summed E-state index contributed by atoms with van der Waals surface area (Å²) in [4.78, 5) is 0. The fourth-order valence-electron chi connectivity index (χ4n) is 0.982. The molecule has 0 unspecified atom stereocenters. The molecule has 0 heterocycles. The van der Waals surface area contributed by atoms with Gasteiger partial charge in [0.1, 0.15) is 5.76 Å². The van der Waals surface area contributed by atoms with Crippen molar-refractivity contribution in [3.63, 3.8) is 0 Å². The van der Waals surface area contributed by atoms with Gasteiger partial charge in [-0.25, -0.2) is 0 Å². The molecule has 0 spiro atoms. The molecule has 0 aromatic rings. The molecule has 80 valence electrons. The first kappa shape index (κ1) is 13.2. The Morgan fingerprint density at radius 3 is 1.86 bits per heavy atom. The van der Waals surface area contributed by atoms with E-state index >= 15 is 0 Å². The molecule has 0 fully saturated rings. The molecule has 0 aromatic carbocycles. The maximum Gasteiger partial charge on any atom is 0.242 e. The average molecular weight is 210 g/mol. The molecule has 0 saturated carbocycles. The van der Waals surface area contributed by atoms with Gasteiger partial charge in [0, 0.05) is 0 Å². The Labute approximate surface area is 89.3 Å². The Morgan fingerprint density at radius 2 is 1.57 bits per heavy atom. The third-order valence-electron chi connectivity index (χ3n) is 1.24. The van der Waals surface area contributed by atoms with E-state index in [1.807, 2.05) is 13.0 Å². The van der Waals surface area contributed by atoms with Crippen molar-refractivity contribution in [1.82, 2.24) is 0 Å². The zero-order chi connectivity index (χ0) is 11.4. The quantitative estimate of drug-likeness (QED) is 0.382. The zero-order valence-electron chi connectivity index (χ0n) is 10.3. The second-order valence-corrected chi connectivity index (χ2v) is 9.26. The Morgan fingerprint density at radius 1 is 1.07 bits per heavy atom. The third-order valence-corrected chi connectivity index (χ3v) is 2.09. The molecule has 0 N–H and O–H groups in total. The Hall–Kier alpha value is -0.763. The van der Waals surface area contributed by atoms with E-state index in [0.717, 1.165) is 11.3 Å². The maximum absolute atomic E-state index is 5.92. The minimum Gasteiger partial charge on any atom is -0.544 e. The molecule has 0 aliphatic rings. The standard InChI is InChI=1S/C12H22OSi/c1-10(2)8-12(9-11(3)4)13-14(5,6)7/h8-9H,1H2,2-7H3. The molecule has 0 bridgehead atoms. The van der Waals surface area contributed by atoms with Crippen LogP contribution in [0.15, 0.2) is 35.6 Å². The summed E-state index contributed by atoms with van der Waals surface area (Å²) >= 11 is 0. The van der Waals surface area contributed by atoms with Crippen LogP contribution in [0.1, 0.15) is 20.8 Å². The fourth-order valence-corrected chi connectivity index (χ4v) is 1.81. The number of allylic oxidation sites excluding steroid dienone is 4. The van der Waals surface area contributed by atoms with Gasteiger partial charge in [-0.15, -0.1) is 0 Å². The molecule has 0 saturated heterocycles. The lowest BCUT2D eigenvalue weighted by atomic mass is 10.2. The van der Waals surface area contributed by atoms with Crippen LogP contribution in [0.5, 0.6) is 0 Å². The van der Waals surface area contributed by atoms with Crippen molar-refractivity contribution >= 4 is 8.32 Å². The van der Waals surface area contributed by atoms with E-state index in [0.29, 0.717) is 0 Å². The predicted molar refractivity (Wildman–Crippen MR) is 66.8 cm³/mol. The van der Waals surface area contributed by atoms with Gasteiger partial charge in [-0.05, 0) is 52.6 Å². The van der Waals surface area contributed by atoms with Crippen LogP contribution in [-0.2, 0) is 4.43 Å². The van der Waals surface area contributed by atoms with Crippen LogP contribution in [0.25, 0.3) is 0 Å². The number of hydrogen-bond donors (Lipinski definition) is 0. The molecular weight excluding hydrogens is 188 g/mol. The maximum atomic E-state index is 5.92. The van der Waals surface area contributed by atoms with Crippen molar-refractivity contribution in [2.24, 2.45) is 0 Å². The molecule has 0 aliphatic carbocycles. The summed E-state index contributed by atoms with van der Waals surface area (Å²) in [6.07, 6.45) is 4.05. The Kier molecular flexibility index (Phi) is 4.92. The summed E-state index contributed by atoms with van der Waals surface area (Å²) in [7, 11) is -1.51. The molecular formula is C12H22OSi. The van der Waals surface area contributed by atoms with Crippen LogP contribution in [0.4, 0.5) is 0 Å². The van der Waals surface area contributed by atoms with Crippen molar-refractivity contribution in [2.75, 3.05) is 0 Å². The van der Waals surface area contributed by atoms with Gasteiger partial charge in [0.15, 0.2) is 0 Å². The van der Waals surface area contributed by atoms with Gasteiger partial charge in [0.25, 0.3) is 0 Å². The highest BCUT2D eigenvalue weighted by Gasteiger charge is 2.16. The predicted octanol–water partition coefficient (Wildman–Crippen LogP) is 4.26. The number of rotatable bonds is 4. The van der Waals surface area contributed by atoms with Crippen LogP contribution in [0.2, 0.25) is 19.6 Å². The van der Waals surface area contributed by atoms with E-state index in [2.05, 4.69) is 46.1 Å². The van der Waals surface area contributed by atoms with Gasteiger partial charge in [-0.2, -0.15) is 0 Å². The zero-order valence-corrected chi connectivity index (χ0v) is 11.3. The first-order chi connectivity index (χ1) is 6.20. The highest BCUT2D eigenvalue weighted by Crippen LogP contribution is 2.14. The van der Waals surface area contributed by atoms with Gasteiger partial charge >= 0.3 is 0 Å². The van der Waals surface area contributed by atoms with Crippen molar-refractivity contribution in [1.29, 1.82) is 0 Å².